The SMILES string of the molecule is Cc1ccsc1C(=O)NNC(=O)CC1(O)CCCC1. The van der Waals surface area contributed by atoms with Gasteiger partial charge in [0.1, 0.15) is 0 Å². The largest absolute Gasteiger partial charge is 0.389 e. The summed E-state index contributed by atoms with van der Waals surface area (Å²) < 4.78 is 0. The smallest absolute Gasteiger partial charge is 0.280 e. The number of rotatable bonds is 3. The molecule has 1 aromatic heterocycles. The molecule has 0 atom stereocenters. The van der Waals surface area contributed by atoms with E-state index in [-0.39, 0.29) is 18.2 Å². The number of hydrogen-bond donors (Lipinski definition) is 3. The Morgan fingerprint density at radius 2 is 2.05 bits per heavy atom. The highest BCUT2D eigenvalue weighted by molar-refractivity contribution is 7.12. The predicted molar refractivity (Wildman–Crippen MR) is 72.7 cm³/mol. The molecule has 6 heteroatoms. The van der Waals surface area contributed by atoms with Gasteiger partial charge in [-0.1, -0.05) is 12.8 Å². The van der Waals surface area contributed by atoms with Crippen LogP contribution in [0.2, 0.25) is 0 Å². The third-order valence-electron chi connectivity index (χ3n) is 3.41. The van der Waals surface area contributed by atoms with Gasteiger partial charge in [0.05, 0.1) is 16.9 Å². The summed E-state index contributed by atoms with van der Waals surface area (Å²) in [6.07, 6.45) is 3.24. The van der Waals surface area contributed by atoms with Crippen LogP contribution in [0.4, 0.5) is 0 Å². The molecule has 1 fully saturated rings. The zero-order valence-corrected chi connectivity index (χ0v) is 11.7. The van der Waals surface area contributed by atoms with E-state index in [9.17, 15) is 14.7 Å². The summed E-state index contributed by atoms with van der Waals surface area (Å²) in [6.45, 7) is 1.84. The maximum absolute atomic E-state index is 11.8. The molecule has 0 spiro atoms. The lowest BCUT2D eigenvalue weighted by atomic mass is 9.98. The van der Waals surface area contributed by atoms with Crippen molar-refractivity contribution in [3.05, 3.63) is 21.9 Å². The Bertz CT molecular complexity index is 478. The van der Waals surface area contributed by atoms with Gasteiger partial charge in [0, 0.05) is 0 Å². The minimum Gasteiger partial charge on any atom is -0.389 e. The van der Waals surface area contributed by atoms with E-state index in [1.165, 1.54) is 11.3 Å². The maximum Gasteiger partial charge on any atom is 0.280 e. The predicted octanol–water partition coefficient (Wildman–Crippen LogP) is 1.51. The van der Waals surface area contributed by atoms with Crippen LogP contribution in [-0.4, -0.2) is 22.5 Å². The van der Waals surface area contributed by atoms with Gasteiger partial charge in [0.2, 0.25) is 5.91 Å². The fourth-order valence-electron chi connectivity index (χ4n) is 2.34. The number of hydrazine groups is 1. The first kappa shape index (κ1) is 14.0. The van der Waals surface area contributed by atoms with Crippen LogP contribution in [0.5, 0.6) is 0 Å². The molecule has 1 heterocycles. The Kier molecular flexibility index (Phi) is 4.21. The van der Waals surface area contributed by atoms with Crippen molar-refractivity contribution in [3.63, 3.8) is 0 Å². The molecule has 2 amide bonds. The molecule has 0 aromatic carbocycles. The Morgan fingerprint density at radius 3 is 2.63 bits per heavy atom. The minimum absolute atomic E-state index is 0.0384. The highest BCUT2D eigenvalue weighted by Gasteiger charge is 2.33. The van der Waals surface area contributed by atoms with Crippen molar-refractivity contribution in [2.45, 2.75) is 44.6 Å². The molecular formula is C13H18N2O3S. The maximum atomic E-state index is 11.8. The summed E-state index contributed by atoms with van der Waals surface area (Å²) in [6, 6.07) is 1.85. The first-order valence-electron chi connectivity index (χ1n) is 6.36. The van der Waals surface area contributed by atoms with Crippen LogP contribution < -0.4 is 10.9 Å². The Balaban J connectivity index is 1.81. The number of hydrogen-bond acceptors (Lipinski definition) is 4. The number of carbonyl (C=O) groups is 2. The Hall–Kier alpha value is -1.40. The zero-order valence-electron chi connectivity index (χ0n) is 10.9. The van der Waals surface area contributed by atoms with Gasteiger partial charge < -0.3 is 5.11 Å². The van der Waals surface area contributed by atoms with Gasteiger partial charge in [-0.05, 0) is 36.8 Å². The number of nitrogens with one attached hydrogen (secondary N) is 2. The number of aliphatic hydroxyl groups is 1. The van der Waals surface area contributed by atoms with Gasteiger partial charge >= 0.3 is 0 Å². The molecule has 0 saturated heterocycles. The van der Waals surface area contributed by atoms with Crippen LogP contribution in [0.1, 0.15) is 47.3 Å². The quantitative estimate of drug-likeness (QED) is 0.735. The van der Waals surface area contributed by atoms with Crippen LogP contribution in [0.15, 0.2) is 11.4 Å². The minimum atomic E-state index is -0.895. The first-order chi connectivity index (χ1) is 9.00. The van der Waals surface area contributed by atoms with Crippen LogP contribution in [0, 0.1) is 6.92 Å². The van der Waals surface area contributed by atoms with Crippen molar-refractivity contribution in [1.82, 2.24) is 10.9 Å². The standard InChI is InChI=1S/C13H18N2O3S/c1-9-4-7-19-11(9)12(17)15-14-10(16)8-13(18)5-2-3-6-13/h4,7,18H,2-3,5-6,8H2,1H3,(H,14,16)(H,15,17). The summed E-state index contributed by atoms with van der Waals surface area (Å²) in [5.41, 5.74) is 4.72. The monoisotopic (exact) mass is 282 g/mol. The van der Waals surface area contributed by atoms with Gasteiger partial charge in [-0.15, -0.1) is 11.3 Å². The third kappa shape index (κ3) is 3.54. The van der Waals surface area contributed by atoms with Gasteiger partial charge in [0.25, 0.3) is 5.91 Å². The highest BCUT2D eigenvalue weighted by Crippen LogP contribution is 2.32. The molecule has 104 valence electrons. The lowest BCUT2D eigenvalue weighted by Gasteiger charge is -2.21. The number of carbonyl (C=O) groups excluding carboxylic acids is 2. The van der Waals surface area contributed by atoms with Crippen LogP contribution in [0.25, 0.3) is 0 Å². The second kappa shape index (κ2) is 5.71. The van der Waals surface area contributed by atoms with Crippen LogP contribution in [0.3, 0.4) is 0 Å². The molecule has 1 aromatic rings. The van der Waals surface area contributed by atoms with E-state index in [0.29, 0.717) is 17.7 Å². The second-order valence-electron chi connectivity index (χ2n) is 5.04. The molecule has 2 rings (SSSR count). The summed E-state index contributed by atoms with van der Waals surface area (Å²) in [4.78, 5) is 24.0. The van der Waals surface area contributed by atoms with Crippen molar-refractivity contribution < 1.29 is 14.7 Å². The van der Waals surface area contributed by atoms with Gasteiger partial charge in [-0.25, -0.2) is 0 Å². The molecule has 19 heavy (non-hydrogen) atoms. The molecule has 0 aliphatic heterocycles. The molecule has 1 aliphatic carbocycles. The summed E-state index contributed by atoms with van der Waals surface area (Å²) in [5, 5.41) is 11.9. The van der Waals surface area contributed by atoms with E-state index in [4.69, 9.17) is 0 Å². The number of amides is 2. The average molecular weight is 282 g/mol. The number of thiophene rings is 1. The van der Waals surface area contributed by atoms with Crippen LogP contribution in [-0.2, 0) is 4.79 Å². The average Bonchev–Trinajstić information content (AvgIpc) is 2.95. The molecule has 1 saturated carbocycles. The summed E-state index contributed by atoms with van der Waals surface area (Å²) in [5.74, 6) is -0.675. The van der Waals surface area contributed by atoms with E-state index in [1.807, 2.05) is 18.4 Å². The molecular weight excluding hydrogens is 264 g/mol. The Morgan fingerprint density at radius 1 is 1.37 bits per heavy atom. The van der Waals surface area contributed by atoms with E-state index >= 15 is 0 Å². The Labute approximate surface area is 116 Å². The molecule has 3 N–H and O–H groups in total. The topological polar surface area (TPSA) is 78.4 Å². The second-order valence-corrected chi connectivity index (χ2v) is 5.96. The fourth-order valence-corrected chi connectivity index (χ4v) is 3.16. The summed E-state index contributed by atoms with van der Waals surface area (Å²) in [7, 11) is 0. The van der Waals surface area contributed by atoms with E-state index in [1.54, 1.807) is 0 Å². The zero-order chi connectivity index (χ0) is 13.9. The van der Waals surface area contributed by atoms with Gasteiger partial charge in [0.15, 0.2) is 0 Å². The van der Waals surface area contributed by atoms with Gasteiger partial charge in [-0.2, -0.15) is 0 Å². The third-order valence-corrected chi connectivity index (χ3v) is 4.42. The lowest BCUT2D eigenvalue weighted by Crippen LogP contribution is -2.44. The van der Waals surface area contributed by atoms with E-state index in [0.717, 1.165) is 18.4 Å². The highest BCUT2D eigenvalue weighted by atomic mass is 32.1. The van der Waals surface area contributed by atoms with E-state index in [2.05, 4.69) is 10.9 Å². The van der Waals surface area contributed by atoms with E-state index < -0.39 is 5.60 Å². The van der Waals surface area contributed by atoms with Crippen molar-refractivity contribution >= 4 is 23.2 Å². The van der Waals surface area contributed by atoms with Gasteiger partial charge in [-0.3, -0.25) is 20.4 Å². The fraction of sp³-hybridized carbons (Fsp3) is 0.538. The van der Waals surface area contributed by atoms with Crippen molar-refractivity contribution in [3.8, 4) is 0 Å². The van der Waals surface area contributed by atoms with Crippen molar-refractivity contribution in [2.75, 3.05) is 0 Å². The molecule has 0 bridgehead atoms. The molecule has 0 unspecified atom stereocenters. The van der Waals surface area contributed by atoms with Crippen molar-refractivity contribution in [2.24, 2.45) is 0 Å². The lowest BCUT2D eigenvalue weighted by molar-refractivity contribution is -0.126. The normalized spacial score (nSPS) is 17.2. The van der Waals surface area contributed by atoms with Crippen LogP contribution >= 0.6 is 11.3 Å². The molecule has 0 radical (unpaired) electrons. The summed E-state index contributed by atoms with van der Waals surface area (Å²) >= 11 is 1.33. The number of aryl methyl sites for hydroxylation is 1. The molecule has 1 aliphatic rings. The molecule has 5 nitrogen and oxygen atoms in total. The van der Waals surface area contributed by atoms with Crippen molar-refractivity contribution in [1.29, 1.82) is 0 Å². The first-order valence-corrected chi connectivity index (χ1v) is 7.24.